The van der Waals surface area contributed by atoms with E-state index in [1.165, 1.54) is 83.5 Å². The fourth-order valence-electron chi connectivity index (χ4n) is 18.3. The van der Waals surface area contributed by atoms with E-state index in [0.29, 0.717) is 68.8 Å². The van der Waals surface area contributed by atoms with Gasteiger partial charge in [-0.05, 0) is 276 Å². The molecular formula is C71H112O16. The zero-order valence-electron chi connectivity index (χ0n) is 55.8. The molecule has 0 amide bonds. The summed E-state index contributed by atoms with van der Waals surface area (Å²) in [7, 11) is 0. The van der Waals surface area contributed by atoms with Gasteiger partial charge in [0.2, 0.25) is 0 Å². The van der Waals surface area contributed by atoms with Crippen LogP contribution < -0.4 is 0 Å². The number of hydrogen-bond acceptors (Lipinski definition) is 16. The molecule has 0 spiro atoms. The molecule has 492 valence electrons. The second-order valence-corrected chi connectivity index (χ2v) is 32.0. The lowest BCUT2D eigenvalue weighted by molar-refractivity contribution is -0.208. The summed E-state index contributed by atoms with van der Waals surface area (Å²) in [6.45, 7) is 24.7. The third-order valence-electron chi connectivity index (χ3n) is 24.5. The molecule has 0 aromatic carbocycles. The molecule has 0 aromatic rings. The van der Waals surface area contributed by atoms with E-state index < -0.39 is 58.2 Å². The Balaban J connectivity index is 0.000000178. The Morgan fingerprint density at radius 1 is 0.402 bits per heavy atom. The smallest absolute Gasteiger partial charge is 0.344 e. The first-order valence-electron chi connectivity index (χ1n) is 34.3. The molecule has 2 atom stereocenters. The number of rotatable bonds is 23. The van der Waals surface area contributed by atoms with Gasteiger partial charge in [-0.25, -0.2) is 9.59 Å². The van der Waals surface area contributed by atoms with Crippen molar-refractivity contribution in [1.82, 2.24) is 0 Å². The summed E-state index contributed by atoms with van der Waals surface area (Å²) in [5.74, 6) is 3.50. The fourth-order valence-corrected chi connectivity index (χ4v) is 18.3. The van der Waals surface area contributed by atoms with Gasteiger partial charge in [0.1, 0.15) is 30.0 Å². The van der Waals surface area contributed by atoms with E-state index in [1.807, 2.05) is 62.3 Å². The van der Waals surface area contributed by atoms with Gasteiger partial charge in [0, 0.05) is 11.8 Å². The highest BCUT2D eigenvalue weighted by Crippen LogP contribution is 2.65. The van der Waals surface area contributed by atoms with Crippen molar-refractivity contribution in [1.29, 1.82) is 0 Å². The molecule has 12 bridgehead atoms. The summed E-state index contributed by atoms with van der Waals surface area (Å²) < 4.78 is 44.4. The molecule has 0 heterocycles. The fraction of sp³-hybridized carbons (Fsp3) is 0.887. The Morgan fingerprint density at radius 3 is 1.16 bits per heavy atom. The van der Waals surface area contributed by atoms with Gasteiger partial charge in [-0.1, -0.05) is 33.6 Å². The molecule has 2 unspecified atom stereocenters. The van der Waals surface area contributed by atoms with Crippen molar-refractivity contribution in [3.05, 3.63) is 0 Å². The summed E-state index contributed by atoms with van der Waals surface area (Å²) in [5, 5.41) is 0. The van der Waals surface area contributed by atoms with E-state index in [2.05, 4.69) is 13.8 Å². The molecule has 16 nitrogen and oxygen atoms in total. The first-order valence-corrected chi connectivity index (χ1v) is 34.3. The molecule has 0 N–H and O–H groups in total. The molecule has 0 aliphatic heterocycles. The summed E-state index contributed by atoms with van der Waals surface area (Å²) in [6.07, 6.45) is 25.4. The second-order valence-electron chi connectivity index (χ2n) is 32.0. The summed E-state index contributed by atoms with van der Waals surface area (Å²) in [6, 6.07) is 0. The minimum atomic E-state index is -0.656. The Morgan fingerprint density at radius 2 is 0.747 bits per heavy atom. The van der Waals surface area contributed by atoms with Gasteiger partial charge in [0.15, 0.2) is 13.2 Å². The van der Waals surface area contributed by atoms with Crippen LogP contribution in [0.4, 0.5) is 0 Å². The number of ether oxygens (including phenoxy) is 8. The second kappa shape index (κ2) is 27.7. The molecule has 13 fully saturated rings. The highest BCUT2D eigenvalue weighted by Gasteiger charge is 2.60. The van der Waals surface area contributed by atoms with Crippen LogP contribution in [-0.2, 0) is 76.3 Å². The largest absolute Gasteiger partial charge is 0.465 e. The summed E-state index contributed by atoms with van der Waals surface area (Å²) >= 11 is 0. The van der Waals surface area contributed by atoms with Gasteiger partial charge in [0.05, 0.1) is 34.7 Å². The lowest BCUT2D eigenvalue weighted by atomic mass is 9.46. The highest BCUT2D eigenvalue weighted by molar-refractivity contribution is 5.84. The first-order chi connectivity index (χ1) is 40.8. The predicted molar refractivity (Wildman–Crippen MR) is 326 cm³/mol. The summed E-state index contributed by atoms with van der Waals surface area (Å²) in [5.41, 5.74) is -2.79. The predicted octanol–water partition coefficient (Wildman–Crippen LogP) is 13.6. The first kappa shape index (κ1) is 68.7. The third-order valence-corrected chi connectivity index (χ3v) is 24.5. The Kier molecular flexibility index (Phi) is 21.9. The topological polar surface area (TPSA) is 210 Å². The summed E-state index contributed by atoms with van der Waals surface area (Å²) in [4.78, 5) is 99.2. The standard InChI is InChI=1S/C31H48O8.C21H34O4.C19H30O4/c1-6-29(2,3)28(35)37-12-11-36-26(33)23-9-7-8-10-24(23)27(34)38-19-25(32)39-30(4,5)31-16-20-13-21(17-31)15-22(14-20)18-31;1-5-20(2,3)19(23)24-8-6-7-18(22)25-21(4)16-10-14-9-15(12-16)13-17(21)11-14;1-5-18(2,3)17(21)22-11-16(20)23-19(4)14-7-12-6-13(9-14)10-15(19)8-12/h20-24H,6-19H2,1-5H3;14-17H,5-13H2,1-4H3;12-15H,5-11H2,1-4H3. The Hall–Kier alpha value is -4.24. The van der Waals surface area contributed by atoms with Gasteiger partial charge in [-0.15, -0.1) is 0 Å². The maximum absolute atomic E-state index is 13.0. The van der Waals surface area contributed by atoms with E-state index in [9.17, 15) is 38.4 Å². The third kappa shape index (κ3) is 15.9. The maximum Gasteiger partial charge on any atom is 0.344 e. The number of esters is 8. The zero-order chi connectivity index (χ0) is 63.5. The molecule has 13 aliphatic rings. The minimum Gasteiger partial charge on any atom is -0.465 e. The van der Waals surface area contributed by atoms with Crippen LogP contribution in [0, 0.1) is 98.6 Å². The van der Waals surface area contributed by atoms with E-state index in [0.717, 1.165) is 80.0 Å². The molecule has 87 heavy (non-hydrogen) atoms. The molecule has 0 radical (unpaired) electrons. The van der Waals surface area contributed by atoms with Crippen molar-refractivity contribution < 1.29 is 76.3 Å². The van der Waals surface area contributed by atoms with Gasteiger partial charge < -0.3 is 37.9 Å². The van der Waals surface area contributed by atoms with E-state index in [1.54, 1.807) is 13.8 Å². The van der Waals surface area contributed by atoms with E-state index in [-0.39, 0.29) is 66.3 Å². The van der Waals surface area contributed by atoms with Crippen LogP contribution in [0.2, 0.25) is 0 Å². The van der Waals surface area contributed by atoms with Gasteiger partial charge in [-0.2, -0.15) is 0 Å². The quantitative estimate of drug-likeness (QED) is 0.0529. The maximum atomic E-state index is 13.0. The highest BCUT2D eigenvalue weighted by atomic mass is 16.6. The average molecular weight is 1220 g/mol. The lowest BCUT2D eigenvalue weighted by Crippen LogP contribution is -2.58. The molecule has 13 saturated carbocycles. The average Bonchev–Trinajstić information content (AvgIpc) is 0.796. The van der Waals surface area contributed by atoms with Gasteiger partial charge in [-0.3, -0.25) is 28.8 Å². The Bertz CT molecular complexity index is 2370. The zero-order valence-corrected chi connectivity index (χ0v) is 55.8. The van der Waals surface area contributed by atoms with E-state index in [4.69, 9.17) is 37.9 Å². The number of hydrogen-bond donors (Lipinski definition) is 0. The van der Waals surface area contributed by atoms with Crippen LogP contribution in [0.1, 0.15) is 251 Å². The normalized spacial score (nSPS) is 34.9. The van der Waals surface area contributed by atoms with Crippen molar-refractivity contribution >= 4 is 47.8 Å². The molecule has 0 aromatic heterocycles. The molecular weight excluding hydrogens is 1110 g/mol. The van der Waals surface area contributed by atoms with Crippen molar-refractivity contribution in [2.45, 2.75) is 267 Å². The number of carbonyl (C=O) groups excluding carboxylic acids is 8. The Labute approximate surface area is 520 Å². The van der Waals surface area contributed by atoms with Gasteiger partial charge in [0.25, 0.3) is 0 Å². The van der Waals surface area contributed by atoms with Crippen LogP contribution in [-0.4, -0.2) is 97.6 Å². The van der Waals surface area contributed by atoms with Gasteiger partial charge >= 0.3 is 47.8 Å². The van der Waals surface area contributed by atoms with Crippen molar-refractivity contribution in [3.8, 4) is 0 Å². The van der Waals surface area contributed by atoms with Crippen LogP contribution in [0.5, 0.6) is 0 Å². The van der Waals surface area contributed by atoms with Crippen molar-refractivity contribution in [3.63, 3.8) is 0 Å². The van der Waals surface area contributed by atoms with Crippen molar-refractivity contribution in [2.75, 3.05) is 33.0 Å². The van der Waals surface area contributed by atoms with Crippen molar-refractivity contribution in [2.24, 2.45) is 98.6 Å². The van der Waals surface area contributed by atoms with Crippen LogP contribution in [0.15, 0.2) is 0 Å². The monoisotopic (exact) mass is 1220 g/mol. The van der Waals surface area contributed by atoms with Crippen LogP contribution in [0.3, 0.4) is 0 Å². The molecule has 0 saturated heterocycles. The SMILES string of the molecule is CCC(C)(C)C(=O)OCC(=O)OC1(C)C2CC3CC(C2)CC1C3.CCC(C)(C)C(=O)OCCCC(=O)OC1(C)C2CC3CC(C2)CC1C3.CCC(C)(C)C(=O)OCCOC(=O)C1CCCCC1C(=O)OCC(=O)OC(C)(C)C12CC3CC(CC(C3)C1)C2. The molecule has 13 aliphatic carbocycles. The number of carbonyl (C=O) groups is 8. The lowest BCUT2D eigenvalue weighted by Gasteiger charge is -2.61. The molecule has 13 rings (SSSR count). The van der Waals surface area contributed by atoms with Crippen LogP contribution >= 0.6 is 0 Å². The minimum absolute atomic E-state index is 0.0141. The van der Waals surface area contributed by atoms with E-state index >= 15 is 0 Å². The molecule has 16 heteroatoms. The van der Waals surface area contributed by atoms with Crippen LogP contribution in [0.25, 0.3) is 0 Å².